The van der Waals surface area contributed by atoms with Gasteiger partial charge < -0.3 is 9.88 Å². The van der Waals surface area contributed by atoms with E-state index < -0.39 is 10.0 Å². The van der Waals surface area contributed by atoms with Crippen LogP contribution in [0, 0.1) is 0 Å². The van der Waals surface area contributed by atoms with Crippen LogP contribution >= 0.6 is 11.3 Å². The summed E-state index contributed by atoms with van der Waals surface area (Å²) in [6.45, 7) is 7.55. The fourth-order valence-electron chi connectivity index (χ4n) is 3.85. The van der Waals surface area contributed by atoms with Gasteiger partial charge in [0.25, 0.3) is 5.91 Å². The van der Waals surface area contributed by atoms with Gasteiger partial charge in [0, 0.05) is 32.9 Å². The second-order valence-electron chi connectivity index (χ2n) is 7.29. The highest BCUT2D eigenvalue weighted by Gasteiger charge is 2.29. The highest BCUT2D eigenvalue weighted by Crippen LogP contribution is 2.24. The van der Waals surface area contributed by atoms with Crippen LogP contribution in [0.3, 0.4) is 0 Å². The van der Waals surface area contributed by atoms with Crippen LogP contribution in [0.25, 0.3) is 0 Å². The summed E-state index contributed by atoms with van der Waals surface area (Å²) >= 11 is 1.64. The molecule has 0 bridgehead atoms. The molecule has 3 rings (SSSR count). The quantitative estimate of drug-likeness (QED) is 0.653. The predicted octanol–water partition coefficient (Wildman–Crippen LogP) is 2.68. The van der Waals surface area contributed by atoms with Crippen LogP contribution in [-0.4, -0.2) is 60.8 Å². The number of thiophene rings is 1. The zero-order valence-electron chi connectivity index (χ0n) is 17.3. The smallest absolute Gasteiger partial charge is 0.268 e. The average Bonchev–Trinajstić information content (AvgIpc) is 3.46. The Morgan fingerprint density at radius 3 is 2.55 bits per heavy atom. The molecule has 0 radical (unpaired) electrons. The lowest BCUT2D eigenvalue weighted by Crippen LogP contribution is -2.38. The second kappa shape index (κ2) is 9.42. The zero-order chi connectivity index (χ0) is 21.0. The molecule has 0 spiro atoms. The summed E-state index contributed by atoms with van der Waals surface area (Å²) in [7, 11) is -1.83. The molecule has 2 aromatic heterocycles. The summed E-state index contributed by atoms with van der Waals surface area (Å²) in [5.41, 5.74) is 1.54. The van der Waals surface area contributed by atoms with Crippen LogP contribution in [0.4, 0.5) is 0 Å². The number of aryl methyl sites for hydroxylation is 1. The van der Waals surface area contributed by atoms with Crippen LogP contribution in [0.2, 0.25) is 0 Å². The van der Waals surface area contributed by atoms with Crippen molar-refractivity contribution in [2.75, 3.05) is 32.7 Å². The van der Waals surface area contributed by atoms with E-state index in [-0.39, 0.29) is 16.8 Å². The zero-order valence-corrected chi connectivity index (χ0v) is 18.9. The summed E-state index contributed by atoms with van der Waals surface area (Å²) in [6.07, 6.45) is 3.30. The van der Waals surface area contributed by atoms with Gasteiger partial charge in [0.1, 0.15) is 10.6 Å². The highest BCUT2D eigenvalue weighted by atomic mass is 32.2. The molecule has 1 fully saturated rings. The maximum atomic E-state index is 12.8. The van der Waals surface area contributed by atoms with Crippen LogP contribution in [-0.2, 0) is 17.1 Å². The summed E-state index contributed by atoms with van der Waals surface area (Å²) in [5.74, 6) is -0.261. The molecule has 7 nitrogen and oxygen atoms in total. The van der Waals surface area contributed by atoms with Crippen molar-refractivity contribution in [2.45, 2.75) is 37.6 Å². The van der Waals surface area contributed by atoms with E-state index >= 15 is 0 Å². The molecule has 160 valence electrons. The molecule has 1 N–H and O–H groups in total. The van der Waals surface area contributed by atoms with Gasteiger partial charge in [0.15, 0.2) is 0 Å². The fraction of sp³-hybridized carbons (Fsp3) is 0.550. The number of hydrogen-bond acceptors (Lipinski definition) is 5. The second-order valence-corrected chi connectivity index (χ2v) is 10.0. The standard InChI is InChI=1S/C20H30N4O3S2/c1-4-23(5-2)19(16-8-11-28-15-16)13-21-20(25)18-12-17(14-22(18)3)29(26,27)24-9-6-7-10-24/h8,11-12,14-15,19H,4-7,9-10,13H2,1-3H3,(H,21,25). The van der Waals surface area contributed by atoms with Gasteiger partial charge in [-0.25, -0.2) is 8.42 Å². The van der Waals surface area contributed by atoms with Crippen molar-refractivity contribution in [1.29, 1.82) is 0 Å². The van der Waals surface area contributed by atoms with Crippen LogP contribution in [0.15, 0.2) is 34.0 Å². The van der Waals surface area contributed by atoms with Crippen molar-refractivity contribution >= 4 is 27.3 Å². The molecule has 1 unspecified atom stereocenters. The Morgan fingerprint density at radius 1 is 1.28 bits per heavy atom. The van der Waals surface area contributed by atoms with Gasteiger partial charge in [-0.05, 0) is 54.4 Å². The number of nitrogens with zero attached hydrogens (tertiary/aromatic N) is 3. The van der Waals surface area contributed by atoms with E-state index in [9.17, 15) is 13.2 Å². The van der Waals surface area contributed by atoms with Gasteiger partial charge in [-0.3, -0.25) is 9.69 Å². The summed E-state index contributed by atoms with van der Waals surface area (Å²) < 4.78 is 28.7. The van der Waals surface area contributed by atoms with E-state index in [2.05, 4.69) is 35.5 Å². The summed E-state index contributed by atoms with van der Waals surface area (Å²) in [5, 5.41) is 7.16. The topological polar surface area (TPSA) is 74.7 Å². The molecule has 0 aliphatic carbocycles. The van der Waals surface area contributed by atoms with E-state index in [0.29, 0.717) is 25.3 Å². The van der Waals surface area contributed by atoms with Gasteiger partial charge in [0.05, 0.1) is 6.04 Å². The van der Waals surface area contributed by atoms with Crippen LogP contribution in [0.1, 0.15) is 48.8 Å². The maximum absolute atomic E-state index is 12.8. The lowest BCUT2D eigenvalue weighted by atomic mass is 10.1. The van der Waals surface area contributed by atoms with E-state index in [4.69, 9.17) is 0 Å². The Bertz CT molecular complexity index is 912. The molecular weight excluding hydrogens is 408 g/mol. The Morgan fingerprint density at radius 2 is 1.97 bits per heavy atom. The SMILES string of the molecule is CCN(CC)C(CNC(=O)c1cc(S(=O)(=O)N2CCCC2)cn1C)c1ccsc1. The number of carbonyl (C=O) groups excluding carboxylic acids is 1. The minimum atomic E-state index is -3.54. The number of hydrogen-bond donors (Lipinski definition) is 1. The molecule has 1 aliphatic heterocycles. The third-order valence-corrected chi connectivity index (χ3v) is 8.12. The molecular formula is C20H30N4O3S2. The van der Waals surface area contributed by atoms with Crippen molar-refractivity contribution in [3.8, 4) is 0 Å². The van der Waals surface area contributed by atoms with Crippen LogP contribution < -0.4 is 5.32 Å². The first-order valence-electron chi connectivity index (χ1n) is 10.1. The Labute approximate surface area is 177 Å². The first-order valence-corrected chi connectivity index (χ1v) is 12.5. The molecule has 0 saturated carbocycles. The Kier molecular flexibility index (Phi) is 7.15. The van der Waals surface area contributed by atoms with Crippen LogP contribution in [0.5, 0.6) is 0 Å². The molecule has 29 heavy (non-hydrogen) atoms. The molecule has 3 heterocycles. The lowest BCUT2D eigenvalue weighted by Gasteiger charge is -2.29. The highest BCUT2D eigenvalue weighted by molar-refractivity contribution is 7.89. The summed E-state index contributed by atoms with van der Waals surface area (Å²) in [4.78, 5) is 15.3. The van der Waals surface area contributed by atoms with Crippen molar-refractivity contribution in [1.82, 2.24) is 19.1 Å². The number of rotatable bonds is 9. The van der Waals surface area contributed by atoms with Gasteiger partial charge in [0.2, 0.25) is 10.0 Å². The van der Waals surface area contributed by atoms with Crippen molar-refractivity contribution in [3.63, 3.8) is 0 Å². The minimum absolute atomic E-state index is 0.0910. The van der Waals surface area contributed by atoms with E-state index in [1.54, 1.807) is 23.0 Å². The number of sulfonamides is 1. The maximum Gasteiger partial charge on any atom is 0.268 e. The predicted molar refractivity (Wildman–Crippen MR) is 116 cm³/mol. The Balaban J connectivity index is 1.74. The minimum Gasteiger partial charge on any atom is -0.349 e. The summed E-state index contributed by atoms with van der Waals surface area (Å²) in [6, 6.07) is 3.66. The number of carbonyl (C=O) groups is 1. The monoisotopic (exact) mass is 438 g/mol. The van der Waals surface area contributed by atoms with Gasteiger partial charge in [-0.1, -0.05) is 13.8 Å². The van der Waals surface area contributed by atoms with E-state index in [0.717, 1.165) is 25.9 Å². The molecule has 1 aliphatic rings. The molecule has 1 atom stereocenters. The molecule has 0 aromatic carbocycles. The van der Waals surface area contributed by atoms with Gasteiger partial charge >= 0.3 is 0 Å². The third-order valence-electron chi connectivity index (χ3n) is 5.55. The third kappa shape index (κ3) is 4.74. The lowest BCUT2D eigenvalue weighted by molar-refractivity contribution is 0.0927. The van der Waals surface area contributed by atoms with Crippen molar-refractivity contribution < 1.29 is 13.2 Å². The van der Waals surface area contributed by atoms with Crippen molar-refractivity contribution in [2.24, 2.45) is 7.05 Å². The average molecular weight is 439 g/mol. The number of nitrogens with one attached hydrogen (secondary N) is 1. The molecule has 2 aromatic rings. The molecule has 1 amide bonds. The fourth-order valence-corrected chi connectivity index (χ4v) is 6.14. The largest absolute Gasteiger partial charge is 0.349 e. The first kappa shape index (κ1) is 22.0. The molecule has 9 heteroatoms. The number of aromatic nitrogens is 1. The van der Waals surface area contributed by atoms with Gasteiger partial charge in [-0.15, -0.1) is 0 Å². The number of amides is 1. The molecule has 1 saturated heterocycles. The first-order chi connectivity index (χ1) is 13.9. The number of likely N-dealkylation sites (N-methyl/N-ethyl adjacent to an activating group) is 1. The van der Waals surface area contributed by atoms with Gasteiger partial charge in [-0.2, -0.15) is 15.6 Å². The van der Waals surface area contributed by atoms with Crippen molar-refractivity contribution in [3.05, 3.63) is 40.3 Å². The normalized spacial score (nSPS) is 16.4. The van der Waals surface area contributed by atoms with E-state index in [1.165, 1.54) is 22.1 Å². The van der Waals surface area contributed by atoms with E-state index in [1.807, 2.05) is 5.38 Å². The Hall–Kier alpha value is -1.68.